The van der Waals surface area contributed by atoms with Crippen LogP contribution in [0.1, 0.15) is 28.7 Å². The molecule has 2 aromatic heterocycles. The van der Waals surface area contributed by atoms with E-state index in [9.17, 15) is 22.8 Å². The average molecular weight is 538 g/mol. The number of anilines is 2. The number of halogens is 3. The third-order valence-electron chi connectivity index (χ3n) is 5.37. The molecule has 0 atom stereocenters. The molecule has 5 N–H and O–H groups in total. The average Bonchev–Trinajstić information content (AvgIpc) is 3.18. The van der Waals surface area contributed by atoms with Crippen LogP contribution in [-0.4, -0.2) is 38.0 Å². The first-order valence-corrected chi connectivity index (χ1v) is 11.7. The zero-order valence-corrected chi connectivity index (χ0v) is 21.2. The number of nitrogen functional groups attached to an aromatic ring is 1. The molecule has 0 saturated carbocycles. The molecule has 4 aromatic rings. The number of nitrogens with zero attached hydrogens (tertiary/aromatic N) is 4. The summed E-state index contributed by atoms with van der Waals surface area (Å²) >= 11 is 0. The Kier molecular flexibility index (Phi) is 8.77. The maximum atomic E-state index is 13.0. The highest BCUT2D eigenvalue weighted by Gasteiger charge is 2.23. The van der Waals surface area contributed by atoms with Gasteiger partial charge in [-0.3, -0.25) is 18.8 Å². The second kappa shape index (κ2) is 12.0. The van der Waals surface area contributed by atoms with Crippen molar-refractivity contribution in [1.82, 2.24) is 19.3 Å². The van der Waals surface area contributed by atoms with E-state index in [-0.39, 0.29) is 22.3 Å². The van der Waals surface area contributed by atoms with Crippen LogP contribution in [0.4, 0.5) is 24.8 Å². The van der Waals surface area contributed by atoms with Crippen molar-refractivity contribution < 1.29 is 18.0 Å². The first kappa shape index (κ1) is 28.5. The number of hydrogen-bond donors (Lipinski definition) is 3. The Morgan fingerprint density at radius 2 is 1.87 bits per heavy atom. The molecule has 9 nitrogen and oxygen atoms in total. The second-order valence-electron chi connectivity index (χ2n) is 8.07. The molecule has 1 amide bonds. The zero-order chi connectivity index (χ0) is 28.7. The lowest BCUT2D eigenvalue weighted by molar-refractivity contribution is -0.0696. The zero-order valence-electron chi connectivity index (χ0n) is 21.2. The van der Waals surface area contributed by atoms with Crippen LogP contribution in [-0.2, 0) is 13.5 Å². The van der Waals surface area contributed by atoms with E-state index in [1.807, 2.05) is 13.0 Å². The van der Waals surface area contributed by atoms with Gasteiger partial charge in [0.05, 0.1) is 16.6 Å². The number of nitrogens with one attached hydrogen (secondary N) is 1. The van der Waals surface area contributed by atoms with Crippen LogP contribution in [0.2, 0.25) is 0 Å². The van der Waals surface area contributed by atoms with Crippen LogP contribution in [0.3, 0.4) is 0 Å². The fraction of sp³-hybridized carbons (Fsp3) is 0.185. The summed E-state index contributed by atoms with van der Waals surface area (Å²) in [6, 6.07) is 13.4. The van der Waals surface area contributed by atoms with Crippen molar-refractivity contribution in [3.05, 3.63) is 88.5 Å². The van der Waals surface area contributed by atoms with Gasteiger partial charge >= 0.3 is 6.18 Å². The van der Waals surface area contributed by atoms with Crippen LogP contribution in [0.5, 0.6) is 0 Å². The van der Waals surface area contributed by atoms with E-state index < -0.39 is 17.6 Å². The van der Waals surface area contributed by atoms with Crippen LogP contribution in [0, 0.1) is 11.8 Å². The summed E-state index contributed by atoms with van der Waals surface area (Å²) in [6.07, 6.45) is -2.47. The van der Waals surface area contributed by atoms with Gasteiger partial charge in [-0.05, 0) is 24.3 Å². The van der Waals surface area contributed by atoms with Crippen molar-refractivity contribution in [1.29, 1.82) is 0 Å². The van der Waals surface area contributed by atoms with Gasteiger partial charge < -0.3 is 16.8 Å². The maximum Gasteiger partial charge on any atom is 0.458 e. The molecule has 0 aliphatic carbocycles. The number of alkyl halides is 3. The molecule has 0 radical (unpaired) electrons. The van der Waals surface area contributed by atoms with Gasteiger partial charge in [0.1, 0.15) is 17.2 Å². The van der Waals surface area contributed by atoms with Crippen molar-refractivity contribution in [2.45, 2.75) is 19.5 Å². The standard InChI is InChI=1S/C19H13F3N2O.C8H13N5O/c1-2-16-23-15-10-6-7-13(11-12-19(20,21)22)17(15)18(25)24(16)14-8-4-3-5-9-14;1-3-4-11-8-5(7(10)14)6(9)12-13(8)2/h3-10H,2H2,1H3;3,11H,1,4H2,2H3,(H2,9,12)(H2,10,14). The van der Waals surface area contributed by atoms with E-state index in [2.05, 4.69) is 27.9 Å². The predicted molar refractivity (Wildman–Crippen MR) is 144 cm³/mol. The van der Waals surface area contributed by atoms with Gasteiger partial charge in [0.15, 0.2) is 5.82 Å². The van der Waals surface area contributed by atoms with E-state index >= 15 is 0 Å². The lowest BCUT2D eigenvalue weighted by Crippen LogP contribution is -2.24. The minimum absolute atomic E-state index is 0.0136. The summed E-state index contributed by atoms with van der Waals surface area (Å²) in [7, 11) is 1.67. The number of aryl methyl sites for hydroxylation is 2. The van der Waals surface area contributed by atoms with Crippen molar-refractivity contribution in [3.8, 4) is 17.5 Å². The van der Waals surface area contributed by atoms with E-state index in [0.717, 1.165) is 0 Å². The molecule has 0 saturated heterocycles. The van der Waals surface area contributed by atoms with Crippen LogP contribution < -0.4 is 22.3 Å². The fourth-order valence-electron chi connectivity index (χ4n) is 3.76. The van der Waals surface area contributed by atoms with Crippen LogP contribution in [0.15, 0.2) is 66.0 Å². The third kappa shape index (κ3) is 6.64. The number of amides is 1. The van der Waals surface area contributed by atoms with E-state index in [1.165, 1.54) is 21.2 Å². The van der Waals surface area contributed by atoms with Gasteiger partial charge in [0, 0.05) is 31.5 Å². The number of rotatable bonds is 6. The number of carbonyl (C=O) groups is 1. The SMILES string of the molecule is C=CCNc1c(C(N)=O)c(N)nn1C.CCc1nc2cccc(C#CC(F)(F)F)c2c(=O)n1-c1ccccc1. The monoisotopic (exact) mass is 537 g/mol. The van der Waals surface area contributed by atoms with E-state index in [0.29, 0.717) is 35.8 Å². The lowest BCUT2D eigenvalue weighted by atomic mass is 10.1. The number of benzene rings is 2. The number of para-hydroxylation sites is 1. The number of fused-ring (bicyclic) bond motifs is 1. The summed E-state index contributed by atoms with van der Waals surface area (Å²) in [4.78, 5) is 28.5. The Bertz CT molecular complexity index is 1630. The van der Waals surface area contributed by atoms with E-state index in [4.69, 9.17) is 11.5 Å². The van der Waals surface area contributed by atoms with Gasteiger partial charge in [0.2, 0.25) is 0 Å². The third-order valence-corrected chi connectivity index (χ3v) is 5.37. The number of nitrogens with two attached hydrogens (primary N) is 2. The molecule has 0 fully saturated rings. The van der Waals surface area contributed by atoms with Gasteiger partial charge in [0.25, 0.3) is 11.5 Å². The molecule has 2 aromatic carbocycles. The van der Waals surface area contributed by atoms with Crippen molar-refractivity contribution >= 4 is 28.4 Å². The second-order valence-corrected chi connectivity index (χ2v) is 8.07. The number of aromatic nitrogens is 4. The van der Waals surface area contributed by atoms with E-state index in [1.54, 1.807) is 49.5 Å². The van der Waals surface area contributed by atoms with Crippen molar-refractivity contribution in [2.75, 3.05) is 17.6 Å². The first-order valence-electron chi connectivity index (χ1n) is 11.7. The summed E-state index contributed by atoms with van der Waals surface area (Å²) in [5, 5.41) is 6.90. The molecule has 202 valence electrons. The molecule has 4 rings (SSSR count). The summed E-state index contributed by atoms with van der Waals surface area (Å²) in [6.45, 7) is 5.92. The molecule has 0 spiro atoms. The number of hydrogen-bond acceptors (Lipinski definition) is 6. The molecule has 0 aliphatic rings. The molecule has 2 heterocycles. The summed E-state index contributed by atoms with van der Waals surface area (Å²) in [5.74, 6) is 3.85. The fourth-order valence-corrected chi connectivity index (χ4v) is 3.76. The van der Waals surface area contributed by atoms with Crippen molar-refractivity contribution in [3.63, 3.8) is 0 Å². The highest BCUT2D eigenvalue weighted by atomic mass is 19.4. The number of carbonyl (C=O) groups excluding carboxylic acids is 1. The quantitative estimate of drug-likeness (QED) is 0.254. The minimum Gasteiger partial charge on any atom is -0.381 e. The molecule has 0 bridgehead atoms. The predicted octanol–water partition coefficient (Wildman–Crippen LogP) is 3.56. The Hall–Kier alpha value is -5.05. The first-order chi connectivity index (χ1) is 18.5. The van der Waals surface area contributed by atoms with Crippen LogP contribution in [0.25, 0.3) is 16.6 Å². The topological polar surface area (TPSA) is 134 Å². The Balaban J connectivity index is 0.000000255. The highest BCUT2D eigenvalue weighted by molar-refractivity contribution is 6.02. The Morgan fingerprint density at radius 1 is 1.18 bits per heavy atom. The van der Waals surface area contributed by atoms with Gasteiger partial charge in [-0.1, -0.05) is 43.2 Å². The summed E-state index contributed by atoms with van der Waals surface area (Å²) in [5.41, 5.74) is 11.4. The highest BCUT2D eigenvalue weighted by Crippen LogP contribution is 2.20. The number of primary amides is 1. The largest absolute Gasteiger partial charge is 0.458 e. The molecular weight excluding hydrogens is 511 g/mol. The lowest BCUT2D eigenvalue weighted by Gasteiger charge is -2.13. The van der Waals surface area contributed by atoms with Gasteiger partial charge in [-0.2, -0.15) is 18.3 Å². The summed E-state index contributed by atoms with van der Waals surface area (Å²) < 4.78 is 40.2. The molecular formula is C27H26F3N7O2. The molecule has 0 aliphatic heterocycles. The van der Waals surface area contributed by atoms with Gasteiger partial charge in [-0.25, -0.2) is 4.98 Å². The maximum absolute atomic E-state index is 13.0. The normalized spacial score (nSPS) is 10.7. The Labute approximate surface area is 221 Å². The minimum atomic E-state index is -4.63. The smallest absolute Gasteiger partial charge is 0.381 e. The Morgan fingerprint density at radius 3 is 2.46 bits per heavy atom. The van der Waals surface area contributed by atoms with Crippen LogP contribution >= 0.6 is 0 Å². The molecule has 39 heavy (non-hydrogen) atoms. The van der Waals surface area contributed by atoms with Crippen molar-refractivity contribution in [2.24, 2.45) is 12.8 Å². The molecule has 0 unspecified atom stereocenters. The molecule has 12 heteroatoms. The van der Waals surface area contributed by atoms with Gasteiger partial charge in [-0.15, -0.1) is 6.58 Å².